The molecule has 37 heavy (non-hydrogen) atoms. The number of H-pyrrole nitrogens is 1. The van der Waals surface area contributed by atoms with Crippen molar-refractivity contribution in [1.29, 1.82) is 0 Å². The number of fused-ring (bicyclic) bond motifs is 1. The number of methoxy groups -OCH3 is 1. The van der Waals surface area contributed by atoms with Crippen LogP contribution in [-0.2, 0) is 9.59 Å². The number of carboxylic acids is 1. The second kappa shape index (κ2) is 10.8. The first-order chi connectivity index (χ1) is 17.8. The maximum Gasteiger partial charge on any atom is 0.335 e. The number of hydrogen-bond donors (Lipinski definition) is 4. The van der Waals surface area contributed by atoms with Gasteiger partial charge in [0, 0.05) is 24.3 Å². The SMILES string of the molecule is COc1cccc(-n2c(O)c(C=C3N=c4ccccc4=C3CCNC(=O)CCC(=O)O)c(=O)[nH]c2=O)c1. The van der Waals surface area contributed by atoms with E-state index in [2.05, 4.69) is 15.3 Å². The predicted octanol–water partition coefficient (Wildman–Crippen LogP) is 0.436. The molecular formula is C26H24N4O7. The van der Waals surface area contributed by atoms with Gasteiger partial charge in [0.05, 0.1) is 30.3 Å². The Morgan fingerprint density at radius 1 is 1.14 bits per heavy atom. The third-order valence-corrected chi connectivity index (χ3v) is 5.76. The van der Waals surface area contributed by atoms with Crippen LogP contribution in [0.1, 0.15) is 24.8 Å². The van der Waals surface area contributed by atoms with E-state index in [9.17, 15) is 24.3 Å². The lowest BCUT2D eigenvalue weighted by Gasteiger charge is -2.12. The number of para-hydroxylation sites is 1. The van der Waals surface area contributed by atoms with Gasteiger partial charge in [0.2, 0.25) is 11.8 Å². The molecule has 2 aromatic carbocycles. The number of rotatable bonds is 9. The van der Waals surface area contributed by atoms with Gasteiger partial charge in [-0.05, 0) is 36.3 Å². The lowest BCUT2D eigenvalue weighted by atomic mass is 10.1. The minimum atomic E-state index is -1.06. The van der Waals surface area contributed by atoms with Crippen molar-refractivity contribution in [2.45, 2.75) is 19.3 Å². The van der Waals surface area contributed by atoms with E-state index < -0.39 is 29.0 Å². The highest BCUT2D eigenvalue weighted by molar-refractivity contribution is 5.81. The van der Waals surface area contributed by atoms with Gasteiger partial charge in [0.1, 0.15) is 11.3 Å². The largest absolute Gasteiger partial charge is 0.497 e. The zero-order valence-corrected chi connectivity index (χ0v) is 19.9. The van der Waals surface area contributed by atoms with Crippen LogP contribution in [0.25, 0.3) is 17.3 Å². The summed E-state index contributed by atoms with van der Waals surface area (Å²) in [6.45, 7) is 0.209. The Labute approximate surface area is 209 Å². The van der Waals surface area contributed by atoms with Crippen LogP contribution in [0.4, 0.5) is 0 Å². The van der Waals surface area contributed by atoms with Crippen molar-refractivity contribution < 1.29 is 24.5 Å². The first kappa shape index (κ1) is 25.2. The molecule has 0 fully saturated rings. The molecule has 1 aliphatic heterocycles. The fourth-order valence-electron chi connectivity index (χ4n) is 3.97. The molecule has 0 radical (unpaired) electrons. The Bertz CT molecular complexity index is 1650. The van der Waals surface area contributed by atoms with Crippen LogP contribution in [0, 0.1) is 0 Å². The van der Waals surface area contributed by atoms with Gasteiger partial charge in [-0.2, -0.15) is 0 Å². The van der Waals surface area contributed by atoms with Crippen molar-refractivity contribution in [3.63, 3.8) is 0 Å². The molecule has 0 saturated carbocycles. The molecule has 0 aliphatic carbocycles. The molecule has 11 heteroatoms. The van der Waals surface area contributed by atoms with Crippen LogP contribution < -0.4 is 31.9 Å². The summed E-state index contributed by atoms with van der Waals surface area (Å²) < 4.78 is 6.15. The molecule has 0 atom stereocenters. The normalized spacial score (nSPS) is 13.2. The summed E-state index contributed by atoms with van der Waals surface area (Å²) in [4.78, 5) is 54.7. The highest BCUT2D eigenvalue weighted by atomic mass is 16.5. The van der Waals surface area contributed by atoms with Gasteiger partial charge in [0.15, 0.2) is 0 Å². The molecule has 1 aromatic heterocycles. The summed E-state index contributed by atoms with van der Waals surface area (Å²) in [7, 11) is 1.47. The quantitative estimate of drug-likeness (QED) is 0.328. The van der Waals surface area contributed by atoms with Gasteiger partial charge < -0.3 is 20.3 Å². The minimum Gasteiger partial charge on any atom is -0.497 e. The standard InChI is InChI=1S/C26H24N4O7/c1-37-16-6-4-5-15(13-16)30-25(35)19(24(34)29-26(30)36)14-21-18(17-7-2-3-8-20(17)28-21)11-12-27-22(31)9-10-23(32)33/h2-8,13-14,35H,9-12H2,1H3,(H,27,31)(H,32,33)(H,29,34,36). The number of hydrogen-bond acceptors (Lipinski definition) is 7. The second-order valence-electron chi connectivity index (χ2n) is 8.16. The second-order valence-corrected chi connectivity index (χ2v) is 8.16. The van der Waals surface area contributed by atoms with E-state index in [4.69, 9.17) is 9.84 Å². The zero-order valence-electron chi connectivity index (χ0n) is 19.9. The first-order valence-electron chi connectivity index (χ1n) is 11.4. The number of aromatic nitrogens is 2. The van der Waals surface area contributed by atoms with Crippen molar-refractivity contribution in [2.75, 3.05) is 13.7 Å². The summed E-state index contributed by atoms with van der Waals surface area (Å²) in [5, 5.41) is 23.9. The number of nitrogens with one attached hydrogen (secondary N) is 2. The summed E-state index contributed by atoms with van der Waals surface area (Å²) in [5.41, 5.74) is -0.390. The third kappa shape index (κ3) is 5.50. The van der Waals surface area contributed by atoms with Gasteiger partial charge in [-0.25, -0.2) is 14.4 Å². The van der Waals surface area contributed by atoms with E-state index in [0.29, 0.717) is 28.8 Å². The zero-order chi connectivity index (χ0) is 26.5. The molecule has 4 N–H and O–H groups in total. The smallest absolute Gasteiger partial charge is 0.335 e. The number of benzene rings is 2. The number of amides is 1. The average Bonchev–Trinajstić information content (AvgIpc) is 3.22. The number of aromatic hydroxyl groups is 1. The van der Waals surface area contributed by atoms with E-state index >= 15 is 0 Å². The predicted molar refractivity (Wildman–Crippen MR) is 134 cm³/mol. The van der Waals surface area contributed by atoms with Gasteiger partial charge >= 0.3 is 11.7 Å². The molecule has 2 heterocycles. The van der Waals surface area contributed by atoms with Crippen LogP contribution in [0.3, 0.4) is 0 Å². The monoisotopic (exact) mass is 504 g/mol. The van der Waals surface area contributed by atoms with Crippen molar-refractivity contribution >= 4 is 23.5 Å². The summed E-state index contributed by atoms with van der Waals surface area (Å²) in [5.74, 6) is -1.56. The number of ether oxygens (including phenoxy) is 1. The molecule has 0 bridgehead atoms. The molecule has 190 valence electrons. The molecule has 3 aromatic rings. The number of aromatic amines is 1. The van der Waals surface area contributed by atoms with Crippen molar-refractivity contribution in [3.8, 4) is 17.3 Å². The van der Waals surface area contributed by atoms with Crippen molar-refractivity contribution in [3.05, 3.63) is 91.2 Å². The fraction of sp³-hybridized carbons (Fsp3) is 0.192. The van der Waals surface area contributed by atoms with Gasteiger partial charge in [-0.15, -0.1) is 0 Å². The van der Waals surface area contributed by atoms with Crippen LogP contribution in [0.5, 0.6) is 11.6 Å². The number of nitrogens with zero attached hydrogens (tertiary/aromatic N) is 2. The maximum absolute atomic E-state index is 12.7. The summed E-state index contributed by atoms with van der Waals surface area (Å²) in [6.07, 6.45) is 1.32. The number of carbonyl (C=O) groups is 2. The molecule has 1 aliphatic rings. The van der Waals surface area contributed by atoms with E-state index in [0.717, 1.165) is 9.79 Å². The van der Waals surface area contributed by atoms with E-state index in [-0.39, 0.29) is 30.6 Å². The first-order valence-corrected chi connectivity index (χ1v) is 11.4. The fourth-order valence-corrected chi connectivity index (χ4v) is 3.97. The Morgan fingerprint density at radius 3 is 2.68 bits per heavy atom. The Morgan fingerprint density at radius 2 is 1.92 bits per heavy atom. The van der Waals surface area contributed by atoms with Crippen molar-refractivity contribution in [2.24, 2.45) is 4.99 Å². The van der Waals surface area contributed by atoms with Crippen LogP contribution >= 0.6 is 0 Å². The topological polar surface area (TPSA) is 163 Å². The molecule has 0 unspecified atom stereocenters. The van der Waals surface area contributed by atoms with E-state index in [1.807, 2.05) is 18.2 Å². The van der Waals surface area contributed by atoms with Gasteiger partial charge in [0.25, 0.3) is 5.56 Å². The lowest BCUT2D eigenvalue weighted by Crippen LogP contribution is -2.30. The van der Waals surface area contributed by atoms with Crippen LogP contribution in [-0.4, -0.2) is 45.3 Å². The molecule has 4 rings (SSSR count). The number of aliphatic carboxylic acids is 1. The Kier molecular flexibility index (Phi) is 7.33. The Balaban J connectivity index is 1.72. The summed E-state index contributed by atoms with van der Waals surface area (Å²) in [6, 6.07) is 13.7. The summed E-state index contributed by atoms with van der Waals surface area (Å²) >= 11 is 0. The molecule has 1 amide bonds. The molecule has 0 saturated heterocycles. The molecule has 11 nitrogen and oxygen atoms in total. The molecule has 0 spiro atoms. The third-order valence-electron chi connectivity index (χ3n) is 5.76. The maximum atomic E-state index is 12.7. The van der Waals surface area contributed by atoms with E-state index in [1.54, 1.807) is 24.3 Å². The van der Waals surface area contributed by atoms with Crippen LogP contribution in [0.15, 0.2) is 68.8 Å². The number of carbonyl (C=O) groups excluding carboxylic acids is 1. The molecular weight excluding hydrogens is 480 g/mol. The number of carboxylic acid groups (broad SMARTS) is 1. The highest BCUT2D eigenvalue weighted by Gasteiger charge is 2.19. The van der Waals surface area contributed by atoms with Gasteiger partial charge in [-0.1, -0.05) is 24.3 Å². The van der Waals surface area contributed by atoms with E-state index in [1.165, 1.54) is 19.3 Å². The van der Waals surface area contributed by atoms with Gasteiger partial charge in [-0.3, -0.25) is 19.4 Å². The average molecular weight is 504 g/mol. The van der Waals surface area contributed by atoms with Crippen molar-refractivity contribution in [1.82, 2.24) is 14.9 Å². The Hall–Kier alpha value is -4.93. The number of allylic oxidation sites excluding steroid dienone is 1. The lowest BCUT2D eigenvalue weighted by molar-refractivity contribution is -0.138. The minimum absolute atomic E-state index is 0.136. The van der Waals surface area contributed by atoms with Crippen LogP contribution in [0.2, 0.25) is 0 Å². The highest BCUT2D eigenvalue weighted by Crippen LogP contribution is 2.25.